The molecule has 0 aliphatic rings. The zero-order valence-corrected chi connectivity index (χ0v) is 12.0. The summed E-state index contributed by atoms with van der Waals surface area (Å²) in [7, 11) is -2.03. The lowest BCUT2D eigenvalue weighted by Crippen LogP contribution is -2.39. The average molecular weight is 272 g/mol. The van der Waals surface area contributed by atoms with Gasteiger partial charge in [-0.05, 0) is 38.5 Å². The molecule has 102 valence electrons. The number of aryl methyl sites for hydroxylation is 1. The SMILES string of the molecule is COC(C)(C)CNS(=O)(=O)c1cc(N)ccc1C. The zero-order valence-electron chi connectivity index (χ0n) is 11.1. The Kier molecular flexibility index (Phi) is 4.37. The van der Waals surface area contributed by atoms with Crippen LogP contribution in [0, 0.1) is 6.92 Å². The fraction of sp³-hybridized carbons (Fsp3) is 0.500. The van der Waals surface area contributed by atoms with Crippen molar-refractivity contribution in [3.05, 3.63) is 23.8 Å². The van der Waals surface area contributed by atoms with E-state index in [1.54, 1.807) is 26.2 Å². The van der Waals surface area contributed by atoms with E-state index in [1.165, 1.54) is 6.07 Å². The van der Waals surface area contributed by atoms with E-state index in [0.29, 0.717) is 11.3 Å². The standard InChI is InChI=1S/C12H20N2O3S/c1-9-5-6-10(13)7-11(9)18(15,16)14-8-12(2,3)17-4/h5-7,14H,8,13H2,1-4H3. The van der Waals surface area contributed by atoms with Crippen molar-refractivity contribution in [1.82, 2.24) is 4.72 Å². The van der Waals surface area contributed by atoms with Gasteiger partial charge in [0.1, 0.15) is 0 Å². The molecular weight excluding hydrogens is 252 g/mol. The third-order valence-corrected chi connectivity index (χ3v) is 4.29. The highest BCUT2D eigenvalue weighted by atomic mass is 32.2. The molecule has 1 aromatic rings. The fourth-order valence-corrected chi connectivity index (χ4v) is 2.80. The van der Waals surface area contributed by atoms with Gasteiger partial charge in [-0.3, -0.25) is 0 Å². The zero-order chi connectivity index (χ0) is 14.0. The Morgan fingerprint density at radius 2 is 2.00 bits per heavy atom. The van der Waals surface area contributed by atoms with Gasteiger partial charge in [0.05, 0.1) is 10.5 Å². The number of rotatable bonds is 5. The maximum atomic E-state index is 12.1. The van der Waals surface area contributed by atoms with Gasteiger partial charge in [0, 0.05) is 19.3 Å². The van der Waals surface area contributed by atoms with E-state index in [1.807, 2.05) is 13.8 Å². The molecular formula is C12H20N2O3S. The van der Waals surface area contributed by atoms with Crippen LogP contribution in [-0.4, -0.2) is 27.7 Å². The van der Waals surface area contributed by atoms with Crippen molar-refractivity contribution < 1.29 is 13.2 Å². The third-order valence-electron chi connectivity index (χ3n) is 2.74. The molecule has 1 rings (SSSR count). The maximum absolute atomic E-state index is 12.1. The molecule has 0 atom stereocenters. The predicted molar refractivity (Wildman–Crippen MR) is 71.9 cm³/mol. The Morgan fingerprint density at radius 1 is 1.39 bits per heavy atom. The minimum Gasteiger partial charge on any atom is -0.399 e. The minimum atomic E-state index is -3.57. The number of sulfonamides is 1. The summed E-state index contributed by atoms with van der Waals surface area (Å²) in [4.78, 5) is 0.203. The van der Waals surface area contributed by atoms with E-state index >= 15 is 0 Å². The second kappa shape index (κ2) is 5.26. The van der Waals surface area contributed by atoms with E-state index < -0.39 is 15.6 Å². The van der Waals surface area contributed by atoms with E-state index in [2.05, 4.69) is 4.72 Å². The molecule has 0 aromatic heterocycles. The number of hydrogen-bond acceptors (Lipinski definition) is 4. The van der Waals surface area contributed by atoms with E-state index in [-0.39, 0.29) is 11.4 Å². The minimum absolute atomic E-state index is 0.195. The van der Waals surface area contributed by atoms with Gasteiger partial charge in [-0.1, -0.05) is 6.07 Å². The second-order valence-electron chi connectivity index (χ2n) is 4.81. The molecule has 5 nitrogen and oxygen atoms in total. The van der Waals surface area contributed by atoms with Gasteiger partial charge in [-0.25, -0.2) is 13.1 Å². The molecule has 0 saturated carbocycles. The molecule has 18 heavy (non-hydrogen) atoms. The van der Waals surface area contributed by atoms with Crippen molar-refractivity contribution >= 4 is 15.7 Å². The average Bonchev–Trinajstić information content (AvgIpc) is 2.30. The Morgan fingerprint density at radius 3 is 2.56 bits per heavy atom. The maximum Gasteiger partial charge on any atom is 0.241 e. The molecule has 0 aliphatic heterocycles. The summed E-state index contributed by atoms with van der Waals surface area (Å²) < 4.78 is 32.0. The Balaban J connectivity index is 2.97. The normalized spacial score (nSPS) is 12.7. The summed E-state index contributed by atoms with van der Waals surface area (Å²) in [5.41, 5.74) is 6.14. The Bertz CT molecular complexity index is 524. The van der Waals surface area contributed by atoms with Crippen LogP contribution in [0.1, 0.15) is 19.4 Å². The van der Waals surface area contributed by atoms with Crippen LogP contribution >= 0.6 is 0 Å². The van der Waals surface area contributed by atoms with E-state index in [4.69, 9.17) is 10.5 Å². The van der Waals surface area contributed by atoms with Crippen molar-refractivity contribution in [2.45, 2.75) is 31.3 Å². The van der Waals surface area contributed by atoms with Crippen LogP contribution in [-0.2, 0) is 14.8 Å². The highest BCUT2D eigenvalue weighted by molar-refractivity contribution is 7.89. The number of benzene rings is 1. The highest BCUT2D eigenvalue weighted by Gasteiger charge is 2.22. The number of nitrogen functional groups attached to an aromatic ring is 1. The van der Waals surface area contributed by atoms with Crippen LogP contribution in [0.5, 0.6) is 0 Å². The van der Waals surface area contributed by atoms with Gasteiger partial charge in [-0.2, -0.15) is 0 Å². The number of anilines is 1. The highest BCUT2D eigenvalue weighted by Crippen LogP contribution is 2.18. The molecule has 3 N–H and O–H groups in total. The molecule has 0 bridgehead atoms. The number of nitrogens with one attached hydrogen (secondary N) is 1. The first-order valence-corrected chi connectivity index (χ1v) is 7.07. The molecule has 0 unspecified atom stereocenters. The van der Waals surface area contributed by atoms with E-state index in [0.717, 1.165) is 0 Å². The summed E-state index contributed by atoms with van der Waals surface area (Å²) in [5, 5.41) is 0. The molecule has 0 amide bonds. The van der Waals surface area contributed by atoms with Gasteiger partial charge in [0.2, 0.25) is 10.0 Å². The topological polar surface area (TPSA) is 81.4 Å². The number of hydrogen-bond donors (Lipinski definition) is 2. The summed E-state index contributed by atoms with van der Waals surface area (Å²) in [6.07, 6.45) is 0. The number of ether oxygens (including phenoxy) is 1. The third kappa shape index (κ3) is 3.69. The monoisotopic (exact) mass is 272 g/mol. The van der Waals surface area contributed by atoms with Crippen molar-refractivity contribution in [3.63, 3.8) is 0 Å². The number of methoxy groups -OCH3 is 1. The van der Waals surface area contributed by atoms with Crippen LogP contribution in [0.15, 0.2) is 23.1 Å². The van der Waals surface area contributed by atoms with Crippen LogP contribution in [0.25, 0.3) is 0 Å². The number of nitrogens with two attached hydrogens (primary N) is 1. The summed E-state index contributed by atoms with van der Waals surface area (Å²) >= 11 is 0. The predicted octanol–water partition coefficient (Wildman–Crippen LogP) is 1.28. The molecule has 0 fully saturated rings. The van der Waals surface area contributed by atoms with E-state index in [9.17, 15) is 8.42 Å². The lowest BCUT2D eigenvalue weighted by atomic mass is 10.1. The summed E-state index contributed by atoms with van der Waals surface area (Å²) in [6.45, 7) is 5.54. The summed E-state index contributed by atoms with van der Waals surface area (Å²) in [5.74, 6) is 0. The molecule has 0 radical (unpaired) electrons. The molecule has 0 saturated heterocycles. The second-order valence-corrected chi connectivity index (χ2v) is 6.55. The first-order valence-electron chi connectivity index (χ1n) is 5.59. The smallest absolute Gasteiger partial charge is 0.241 e. The van der Waals surface area contributed by atoms with Gasteiger partial charge in [0.15, 0.2) is 0 Å². The first-order chi connectivity index (χ1) is 8.18. The Hall–Kier alpha value is -1.11. The largest absolute Gasteiger partial charge is 0.399 e. The van der Waals surface area contributed by atoms with Crippen molar-refractivity contribution in [3.8, 4) is 0 Å². The van der Waals surface area contributed by atoms with Crippen LogP contribution < -0.4 is 10.5 Å². The molecule has 0 heterocycles. The van der Waals surface area contributed by atoms with Gasteiger partial charge >= 0.3 is 0 Å². The molecule has 0 aliphatic carbocycles. The van der Waals surface area contributed by atoms with Crippen LogP contribution in [0.3, 0.4) is 0 Å². The van der Waals surface area contributed by atoms with Gasteiger partial charge in [-0.15, -0.1) is 0 Å². The van der Waals surface area contributed by atoms with Crippen molar-refractivity contribution in [2.24, 2.45) is 0 Å². The molecule has 6 heteroatoms. The van der Waals surface area contributed by atoms with Gasteiger partial charge < -0.3 is 10.5 Å². The van der Waals surface area contributed by atoms with Gasteiger partial charge in [0.25, 0.3) is 0 Å². The van der Waals surface area contributed by atoms with Crippen LogP contribution in [0.4, 0.5) is 5.69 Å². The molecule has 1 aromatic carbocycles. The summed E-state index contributed by atoms with van der Waals surface area (Å²) in [6, 6.07) is 4.82. The van der Waals surface area contributed by atoms with Crippen molar-refractivity contribution in [1.29, 1.82) is 0 Å². The van der Waals surface area contributed by atoms with Crippen LogP contribution in [0.2, 0.25) is 0 Å². The lowest BCUT2D eigenvalue weighted by molar-refractivity contribution is 0.0276. The first kappa shape index (κ1) is 14.9. The Labute approximate surface area is 108 Å². The van der Waals surface area contributed by atoms with Crippen molar-refractivity contribution in [2.75, 3.05) is 19.4 Å². The quantitative estimate of drug-likeness (QED) is 0.791. The molecule has 0 spiro atoms. The lowest BCUT2D eigenvalue weighted by Gasteiger charge is -2.23. The fourth-order valence-electron chi connectivity index (χ4n) is 1.32.